The van der Waals surface area contributed by atoms with Crippen LogP contribution in [0.25, 0.3) is 16.9 Å². The summed E-state index contributed by atoms with van der Waals surface area (Å²) in [4.78, 5) is 41.4. The van der Waals surface area contributed by atoms with Crippen LogP contribution in [0.4, 0.5) is 19.3 Å². The van der Waals surface area contributed by atoms with Gasteiger partial charge in [0, 0.05) is 61.8 Å². The predicted octanol–water partition coefficient (Wildman–Crippen LogP) is 6.53. The van der Waals surface area contributed by atoms with Crippen molar-refractivity contribution < 1.29 is 27.8 Å². The number of hydrogen-bond acceptors (Lipinski definition) is 7. The summed E-state index contributed by atoms with van der Waals surface area (Å²) in [5, 5.41) is 0. The molecule has 0 N–H and O–H groups in total. The van der Waals surface area contributed by atoms with E-state index in [0.717, 1.165) is 40.1 Å². The zero-order valence-electron chi connectivity index (χ0n) is 32.4. The lowest BCUT2D eigenvalue weighted by atomic mass is 9.90. The van der Waals surface area contributed by atoms with Crippen molar-refractivity contribution in [2.24, 2.45) is 0 Å². The third kappa shape index (κ3) is 7.74. The molecule has 0 unspecified atom stereocenters. The molecule has 54 heavy (non-hydrogen) atoms. The Morgan fingerprint density at radius 1 is 0.963 bits per heavy atom. The highest BCUT2D eigenvalue weighted by atomic mass is 19.1. The summed E-state index contributed by atoms with van der Waals surface area (Å²) in [6, 6.07) is 14.8. The summed E-state index contributed by atoms with van der Waals surface area (Å²) in [6.07, 6.45) is 1.99. The van der Waals surface area contributed by atoms with Gasteiger partial charge in [0.25, 0.3) is 0 Å². The number of amides is 2. The number of fused-ring (bicyclic) bond motifs is 3. The number of morpholine rings is 1. The lowest BCUT2D eigenvalue weighted by Gasteiger charge is -2.47. The number of nitrogens with zero attached hydrogens (tertiary/aromatic N) is 6. The molecule has 2 amide bonds. The molecule has 5 heterocycles. The molecule has 12 heteroatoms. The van der Waals surface area contributed by atoms with E-state index >= 15 is 0 Å². The van der Waals surface area contributed by atoms with Gasteiger partial charge in [0.1, 0.15) is 23.1 Å². The first-order chi connectivity index (χ1) is 25.6. The Balaban J connectivity index is 1.25. The highest BCUT2D eigenvalue weighted by Crippen LogP contribution is 2.44. The maximum Gasteiger partial charge on any atom is 0.410 e. The predicted molar refractivity (Wildman–Crippen MR) is 205 cm³/mol. The van der Waals surface area contributed by atoms with Crippen molar-refractivity contribution in [3.8, 4) is 11.4 Å². The Morgan fingerprint density at radius 2 is 1.65 bits per heavy atom. The number of anilines is 1. The third-order valence-electron chi connectivity index (χ3n) is 10.9. The Morgan fingerprint density at radius 3 is 2.31 bits per heavy atom. The van der Waals surface area contributed by atoms with E-state index in [9.17, 15) is 18.4 Å². The molecule has 0 radical (unpaired) electrons. The zero-order valence-corrected chi connectivity index (χ0v) is 32.4. The van der Waals surface area contributed by atoms with Crippen molar-refractivity contribution in [2.45, 2.75) is 84.0 Å². The highest BCUT2D eigenvalue weighted by molar-refractivity contribution is 5.98. The van der Waals surface area contributed by atoms with Crippen LogP contribution in [0.15, 0.2) is 60.8 Å². The maximum atomic E-state index is 14.8. The molecule has 2 aromatic carbocycles. The number of halogens is 2. The van der Waals surface area contributed by atoms with Crippen LogP contribution in [0, 0.1) is 11.6 Å². The number of benzene rings is 2. The SMILES string of the molecule is C[C@@H]1COCCN1C[C@H]1CN(C(=O)OC(C)(C)C)[C@H](C)CN1CC(=O)N1CC(C)(C)c2c1cc(Cc1ccc(F)cc1)c1cnc(-c3ccc(F)cc3)n21. The lowest BCUT2D eigenvalue weighted by molar-refractivity contribution is -0.121. The molecular formula is C42H52F2N6O4. The molecule has 0 bridgehead atoms. The number of hydrogen-bond donors (Lipinski definition) is 0. The second kappa shape index (κ2) is 14.7. The summed E-state index contributed by atoms with van der Waals surface area (Å²) in [6.45, 7) is 18.4. The van der Waals surface area contributed by atoms with Gasteiger partial charge in [-0.2, -0.15) is 0 Å². The van der Waals surface area contributed by atoms with Gasteiger partial charge in [-0.1, -0.05) is 26.0 Å². The number of pyridine rings is 1. The summed E-state index contributed by atoms with van der Waals surface area (Å²) in [5.74, 6) is -0.00446. The van der Waals surface area contributed by atoms with Crippen LogP contribution in [0.1, 0.15) is 65.3 Å². The summed E-state index contributed by atoms with van der Waals surface area (Å²) in [5.41, 5.74) is 4.17. The second-order valence-electron chi connectivity index (χ2n) is 16.9. The van der Waals surface area contributed by atoms with E-state index in [4.69, 9.17) is 14.5 Å². The van der Waals surface area contributed by atoms with Crippen molar-refractivity contribution in [1.29, 1.82) is 0 Å². The van der Waals surface area contributed by atoms with Gasteiger partial charge in [0.15, 0.2) is 0 Å². The van der Waals surface area contributed by atoms with Crippen LogP contribution in [0.2, 0.25) is 0 Å². The average Bonchev–Trinajstić information content (AvgIpc) is 3.65. The van der Waals surface area contributed by atoms with Crippen LogP contribution in [-0.4, -0.2) is 112 Å². The molecule has 3 aliphatic rings. The normalized spacial score (nSPS) is 22.1. The second-order valence-corrected chi connectivity index (χ2v) is 16.9. The van der Waals surface area contributed by atoms with Crippen LogP contribution in [0.5, 0.6) is 0 Å². The molecule has 2 saturated heterocycles. The number of rotatable bonds is 7. The Kier molecular flexibility index (Phi) is 10.3. The van der Waals surface area contributed by atoms with E-state index in [2.05, 4.69) is 41.0 Å². The molecular weight excluding hydrogens is 690 g/mol. The first kappa shape index (κ1) is 37.9. The molecule has 0 saturated carbocycles. The fourth-order valence-corrected chi connectivity index (χ4v) is 8.24. The van der Waals surface area contributed by atoms with Crippen LogP contribution in [0.3, 0.4) is 0 Å². The Bertz CT molecular complexity index is 2010. The van der Waals surface area contributed by atoms with Crippen molar-refractivity contribution in [1.82, 2.24) is 24.1 Å². The molecule has 3 atom stereocenters. The molecule has 2 aromatic heterocycles. The summed E-state index contributed by atoms with van der Waals surface area (Å²) in [7, 11) is 0. The van der Waals surface area contributed by atoms with Gasteiger partial charge >= 0.3 is 6.09 Å². The first-order valence-corrected chi connectivity index (χ1v) is 19.0. The Labute approximate surface area is 316 Å². The molecule has 10 nitrogen and oxygen atoms in total. The van der Waals surface area contributed by atoms with Crippen molar-refractivity contribution in [3.63, 3.8) is 0 Å². The molecule has 4 aromatic rings. The number of carbonyl (C=O) groups is 2. The number of carbonyl (C=O) groups excluding carboxylic acids is 2. The van der Waals surface area contributed by atoms with Crippen molar-refractivity contribution >= 4 is 23.2 Å². The van der Waals surface area contributed by atoms with Gasteiger partial charge in [-0.05, 0) is 94.6 Å². The number of imidazole rings is 1. The topological polar surface area (TPSA) is 82.9 Å². The van der Waals surface area contributed by atoms with Crippen molar-refractivity contribution in [2.75, 3.05) is 57.4 Å². The summed E-state index contributed by atoms with van der Waals surface area (Å²) < 4.78 is 41.6. The van der Waals surface area contributed by atoms with E-state index < -0.39 is 11.0 Å². The largest absolute Gasteiger partial charge is 0.444 e. The number of piperazine rings is 1. The van der Waals surface area contributed by atoms with Gasteiger partial charge in [0.05, 0.1) is 42.9 Å². The van der Waals surface area contributed by atoms with E-state index in [1.807, 2.05) is 43.7 Å². The molecule has 0 spiro atoms. The molecule has 0 aliphatic carbocycles. The van der Waals surface area contributed by atoms with Gasteiger partial charge in [0.2, 0.25) is 5.91 Å². The van der Waals surface area contributed by atoms with E-state index in [-0.39, 0.29) is 48.3 Å². The lowest BCUT2D eigenvalue weighted by Crippen LogP contribution is -2.64. The van der Waals surface area contributed by atoms with E-state index in [1.54, 1.807) is 24.3 Å². The van der Waals surface area contributed by atoms with Gasteiger partial charge in [-0.15, -0.1) is 0 Å². The smallest absolute Gasteiger partial charge is 0.410 e. The summed E-state index contributed by atoms with van der Waals surface area (Å²) >= 11 is 0. The van der Waals surface area contributed by atoms with Crippen LogP contribution >= 0.6 is 0 Å². The molecule has 3 aliphatic heterocycles. The quantitative estimate of drug-likeness (QED) is 0.213. The van der Waals surface area contributed by atoms with Gasteiger partial charge in [-0.25, -0.2) is 18.6 Å². The standard InChI is InChI=1S/C42H52F2N6O4/c1-27-21-47(34(22-46-16-17-53-25-28(46)2)23-48(27)40(52)54-41(3,4)5)24-37(51)49-26-42(6,7)38-35(49)19-31(18-29-8-12-32(43)13-9-29)36-20-45-39(50(36)38)30-10-14-33(44)15-11-30/h8-15,19-20,27-28,34H,16-18,21-26H2,1-7H3/t27-,28-,34+/m1/s1. The number of ether oxygens (including phenoxy) is 2. The van der Waals surface area contributed by atoms with Crippen molar-refractivity contribution in [3.05, 3.63) is 89.2 Å². The highest BCUT2D eigenvalue weighted by Gasteiger charge is 2.44. The minimum absolute atomic E-state index is 0.0321. The Hall–Kier alpha value is -4.39. The van der Waals surface area contributed by atoms with Gasteiger partial charge in [-0.3, -0.25) is 19.0 Å². The van der Waals surface area contributed by atoms with Crippen LogP contribution in [-0.2, 0) is 26.1 Å². The monoisotopic (exact) mass is 742 g/mol. The first-order valence-electron chi connectivity index (χ1n) is 19.0. The minimum Gasteiger partial charge on any atom is -0.444 e. The average molecular weight is 743 g/mol. The van der Waals surface area contributed by atoms with Crippen LogP contribution < -0.4 is 4.90 Å². The van der Waals surface area contributed by atoms with Gasteiger partial charge < -0.3 is 19.3 Å². The third-order valence-corrected chi connectivity index (χ3v) is 10.9. The number of aromatic nitrogens is 2. The maximum absolute atomic E-state index is 14.8. The van der Waals surface area contributed by atoms with E-state index in [1.165, 1.54) is 24.3 Å². The minimum atomic E-state index is -0.624. The fraction of sp³-hybridized carbons (Fsp3) is 0.500. The molecule has 7 rings (SSSR count). The fourth-order valence-electron chi connectivity index (χ4n) is 8.24. The molecule has 2 fully saturated rings. The van der Waals surface area contributed by atoms with E-state index in [0.29, 0.717) is 51.6 Å². The zero-order chi connectivity index (χ0) is 38.5. The molecule has 288 valence electrons.